The molecule has 0 saturated heterocycles. The van der Waals surface area contributed by atoms with Crippen molar-refractivity contribution in [3.63, 3.8) is 0 Å². The highest BCUT2D eigenvalue weighted by atomic mass is 32.2. The van der Waals surface area contributed by atoms with Crippen molar-refractivity contribution in [1.82, 2.24) is 0 Å². The molecule has 0 atom stereocenters. The van der Waals surface area contributed by atoms with Crippen molar-refractivity contribution in [1.29, 1.82) is 0 Å². The Hall–Kier alpha value is -2.18. The lowest BCUT2D eigenvalue weighted by Gasteiger charge is -1.99. The molecule has 6 heteroatoms. The van der Waals surface area contributed by atoms with Crippen LogP contribution in [0.1, 0.15) is 11.1 Å². The van der Waals surface area contributed by atoms with E-state index in [4.69, 9.17) is 5.73 Å². The van der Waals surface area contributed by atoms with Crippen LogP contribution in [0.25, 0.3) is 10.1 Å². The SMILES string of the molecule is NC(=NN=Cc1cc2sccc2cc1F)SCc1ccccc1. The van der Waals surface area contributed by atoms with E-state index in [1.165, 1.54) is 24.0 Å². The van der Waals surface area contributed by atoms with Gasteiger partial charge in [0.25, 0.3) is 0 Å². The minimum Gasteiger partial charge on any atom is -0.377 e. The highest BCUT2D eigenvalue weighted by molar-refractivity contribution is 8.13. The maximum atomic E-state index is 13.9. The van der Waals surface area contributed by atoms with Crippen molar-refractivity contribution >= 4 is 44.6 Å². The third kappa shape index (κ3) is 4.18. The summed E-state index contributed by atoms with van der Waals surface area (Å²) in [6, 6.07) is 15.1. The monoisotopic (exact) mass is 343 g/mol. The van der Waals surface area contributed by atoms with Gasteiger partial charge in [0.2, 0.25) is 0 Å². The molecule has 116 valence electrons. The van der Waals surface area contributed by atoms with Crippen molar-refractivity contribution in [2.75, 3.05) is 0 Å². The summed E-state index contributed by atoms with van der Waals surface area (Å²) in [5.41, 5.74) is 7.37. The average molecular weight is 343 g/mol. The molecular weight excluding hydrogens is 329 g/mol. The van der Waals surface area contributed by atoms with Crippen LogP contribution in [0.5, 0.6) is 0 Å². The van der Waals surface area contributed by atoms with Gasteiger partial charge in [-0.3, -0.25) is 0 Å². The second kappa shape index (κ2) is 7.39. The van der Waals surface area contributed by atoms with E-state index in [0.29, 0.717) is 10.7 Å². The summed E-state index contributed by atoms with van der Waals surface area (Å²) in [6.45, 7) is 0. The number of benzene rings is 2. The van der Waals surface area contributed by atoms with Crippen LogP contribution in [0.15, 0.2) is 64.1 Å². The summed E-state index contributed by atoms with van der Waals surface area (Å²) in [5.74, 6) is 0.409. The first-order valence-electron chi connectivity index (χ1n) is 6.92. The minimum atomic E-state index is -0.314. The summed E-state index contributed by atoms with van der Waals surface area (Å²) >= 11 is 2.96. The van der Waals surface area contributed by atoms with Gasteiger partial charge in [-0.25, -0.2) is 4.39 Å². The van der Waals surface area contributed by atoms with E-state index in [1.807, 2.05) is 41.8 Å². The number of nitrogens with two attached hydrogens (primary N) is 1. The van der Waals surface area contributed by atoms with E-state index in [1.54, 1.807) is 17.4 Å². The van der Waals surface area contributed by atoms with Gasteiger partial charge < -0.3 is 5.73 Å². The first kappa shape index (κ1) is 15.7. The van der Waals surface area contributed by atoms with Crippen LogP contribution >= 0.6 is 23.1 Å². The Morgan fingerprint density at radius 3 is 2.87 bits per heavy atom. The van der Waals surface area contributed by atoms with Gasteiger partial charge in [-0.15, -0.1) is 16.4 Å². The Kier molecular flexibility index (Phi) is 5.05. The summed E-state index contributed by atoms with van der Waals surface area (Å²) < 4.78 is 14.9. The zero-order chi connectivity index (χ0) is 16.1. The fraction of sp³-hybridized carbons (Fsp3) is 0.0588. The molecular formula is C17H14FN3S2. The third-order valence-corrected chi connectivity index (χ3v) is 4.89. The Labute approximate surface area is 141 Å². The largest absolute Gasteiger partial charge is 0.377 e. The molecule has 0 aliphatic carbocycles. The van der Waals surface area contributed by atoms with Crippen molar-refractivity contribution in [2.45, 2.75) is 5.75 Å². The number of halogens is 1. The summed E-state index contributed by atoms with van der Waals surface area (Å²) in [7, 11) is 0. The lowest BCUT2D eigenvalue weighted by Crippen LogP contribution is -2.06. The molecule has 0 fully saturated rings. The lowest BCUT2D eigenvalue weighted by molar-refractivity contribution is 0.628. The quantitative estimate of drug-likeness (QED) is 0.427. The van der Waals surface area contributed by atoms with Gasteiger partial charge in [-0.05, 0) is 34.5 Å². The molecule has 2 aromatic carbocycles. The molecule has 3 rings (SSSR count). The zero-order valence-corrected chi connectivity index (χ0v) is 13.8. The normalized spacial score (nSPS) is 12.3. The van der Waals surface area contributed by atoms with Crippen LogP contribution in [0, 0.1) is 5.82 Å². The first-order valence-corrected chi connectivity index (χ1v) is 8.79. The van der Waals surface area contributed by atoms with E-state index in [2.05, 4.69) is 10.2 Å². The number of hydrogen-bond donors (Lipinski definition) is 1. The molecule has 0 amide bonds. The van der Waals surface area contributed by atoms with Gasteiger partial charge >= 0.3 is 0 Å². The van der Waals surface area contributed by atoms with E-state index < -0.39 is 0 Å². The van der Waals surface area contributed by atoms with Crippen LogP contribution in [-0.4, -0.2) is 11.4 Å². The van der Waals surface area contributed by atoms with Gasteiger partial charge in [0.15, 0.2) is 5.17 Å². The van der Waals surface area contributed by atoms with Crippen LogP contribution in [0.2, 0.25) is 0 Å². The molecule has 23 heavy (non-hydrogen) atoms. The molecule has 2 N–H and O–H groups in total. The van der Waals surface area contributed by atoms with E-state index in [9.17, 15) is 4.39 Å². The van der Waals surface area contributed by atoms with E-state index >= 15 is 0 Å². The van der Waals surface area contributed by atoms with Crippen LogP contribution in [0.4, 0.5) is 4.39 Å². The molecule has 0 radical (unpaired) electrons. The maximum Gasteiger partial charge on any atom is 0.180 e. The van der Waals surface area contributed by atoms with Crippen LogP contribution < -0.4 is 5.73 Å². The molecule has 1 heterocycles. The molecule has 0 bridgehead atoms. The topological polar surface area (TPSA) is 50.7 Å². The fourth-order valence-electron chi connectivity index (χ4n) is 2.00. The predicted octanol–water partition coefficient (Wildman–Crippen LogP) is 4.62. The molecule has 0 saturated carbocycles. The predicted molar refractivity (Wildman–Crippen MR) is 98.7 cm³/mol. The number of fused-ring (bicyclic) bond motifs is 1. The van der Waals surface area contributed by atoms with Gasteiger partial charge in [-0.1, -0.05) is 42.1 Å². The summed E-state index contributed by atoms with van der Waals surface area (Å²) in [6.07, 6.45) is 1.39. The number of hydrogen-bond acceptors (Lipinski definition) is 4. The number of rotatable bonds is 4. The van der Waals surface area contributed by atoms with Crippen molar-refractivity contribution in [3.05, 3.63) is 70.9 Å². The smallest absolute Gasteiger partial charge is 0.180 e. The second-order valence-corrected chi connectivity index (χ2v) is 6.73. The van der Waals surface area contributed by atoms with Gasteiger partial charge in [0.1, 0.15) is 5.82 Å². The lowest BCUT2D eigenvalue weighted by atomic mass is 10.2. The maximum absolute atomic E-state index is 13.9. The number of nitrogens with zero attached hydrogens (tertiary/aromatic N) is 2. The van der Waals surface area contributed by atoms with Gasteiger partial charge in [-0.2, -0.15) is 5.10 Å². The highest BCUT2D eigenvalue weighted by Gasteiger charge is 2.03. The molecule has 0 aliphatic rings. The molecule has 0 spiro atoms. The van der Waals surface area contributed by atoms with Crippen molar-refractivity contribution < 1.29 is 4.39 Å². The minimum absolute atomic E-state index is 0.314. The number of thiophene rings is 1. The Morgan fingerprint density at radius 1 is 1.22 bits per heavy atom. The van der Waals surface area contributed by atoms with Crippen molar-refractivity contribution in [2.24, 2.45) is 15.9 Å². The van der Waals surface area contributed by atoms with E-state index in [0.717, 1.165) is 21.4 Å². The van der Waals surface area contributed by atoms with Crippen LogP contribution in [-0.2, 0) is 5.75 Å². The second-order valence-electron chi connectivity index (χ2n) is 4.79. The first-order chi connectivity index (χ1) is 11.2. The fourth-order valence-corrected chi connectivity index (χ4v) is 3.44. The summed E-state index contributed by atoms with van der Waals surface area (Å²) in [5, 5.41) is 11.0. The zero-order valence-electron chi connectivity index (χ0n) is 12.1. The van der Waals surface area contributed by atoms with Crippen molar-refractivity contribution in [3.8, 4) is 0 Å². The molecule has 3 nitrogen and oxygen atoms in total. The molecule has 1 aromatic heterocycles. The summed E-state index contributed by atoms with van der Waals surface area (Å²) in [4.78, 5) is 0. The highest BCUT2D eigenvalue weighted by Crippen LogP contribution is 2.23. The van der Waals surface area contributed by atoms with Gasteiger partial charge in [0, 0.05) is 16.0 Å². The Bertz CT molecular complexity index is 857. The van der Waals surface area contributed by atoms with Crippen LogP contribution in [0.3, 0.4) is 0 Å². The average Bonchev–Trinajstić information content (AvgIpc) is 3.01. The van der Waals surface area contributed by atoms with Gasteiger partial charge in [0.05, 0.1) is 6.21 Å². The molecule has 3 aromatic rings. The molecule has 0 unspecified atom stereocenters. The Balaban J connectivity index is 1.65. The Morgan fingerprint density at radius 2 is 2.04 bits per heavy atom. The standard InChI is InChI=1S/C17H14FN3S2/c18-15-8-13-6-7-22-16(13)9-14(15)10-20-21-17(19)23-11-12-4-2-1-3-5-12/h1-10H,11H2,(H2,19,21). The number of amidine groups is 1. The third-order valence-electron chi connectivity index (χ3n) is 3.15. The van der Waals surface area contributed by atoms with E-state index in [-0.39, 0.29) is 5.82 Å². The molecule has 0 aliphatic heterocycles. The number of thioether (sulfide) groups is 1.